The van der Waals surface area contributed by atoms with Crippen LogP contribution in [0.3, 0.4) is 0 Å². The van der Waals surface area contributed by atoms with Gasteiger partial charge < -0.3 is 0 Å². The van der Waals surface area contributed by atoms with Crippen molar-refractivity contribution in [2.45, 2.75) is 26.7 Å². The summed E-state index contributed by atoms with van der Waals surface area (Å²) in [6.07, 6.45) is 0. The molecule has 0 spiro atoms. The number of carbonyl (C=O) groups is 1. The third-order valence-corrected chi connectivity index (χ3v) is 2.73. The van der Waals surface area contributed by atoms with E-state index >= 15 is 0 Å². The van der Waals surface area contributed by atoms with Crippen LogP contribution in [-0.2, 0) is 4.79 Å². The maximum Gasteiger partial charge on any atom is 0.297 e. The van der Waals surface area contributed by atoms with E-state index in [0.717, 1.165) is 5.56 Å². The minimum Gasteiger partial charge on any atom is -0.265 e. The van der Waals surface area contributed by atoms with Gasteiger partial charge in [-0.1, -0.05) is 38.1 Å². The van der Waals surface area contributed by atoms with Crippen molar-refractivity contribution in [3.8, 4) is 0 Å². The Balaban J connectivity index is 2.37. The van der Waals surface area contributed by atoms with Crippen LogP contribution in [0.5, 0.6) is 0 Å². The fourth-order valence-electron chi connectivity index (χ4n) is 1.74. The van der Waals surface area contributed by atoms with Gasteiger partial charge >= 0.3 is 0 Å². The molecule has 82 valence electrons. The van der Waals surface area contributed by atoms with E-state index in [1.807, 2.05) is 24.3 Å². The van der Waals surface area contributed by atoms with Gasteiger partial charge in [0.25, 0.3) is 5.91 Å². The molecule has 2 rings (SSSR count). The van der Waals surface area contributed by atoms with E-state index in [-0.39, 0.29) is 5.91 Å². The molecule has 0 saturated heterocycles. The molecular formula is C13H14N2O. The van der Waals surface area contributed by atoms with E-state index in [9.17, 15) is 4.79 Å². The van der Waals surface area contributed by atoms with Crippen LogP contribution in [0.4, 0.5) is 0 Å². The average Bonchev–Trinajstić information content (AvgIpc) is 2.59. The molecule has 0 aliphatic carbocycles. The highest BCUT2D eigenvalue weighted by Gasteiger charge is 2.19. The summed E-state index contributed by atoms with van der Waals surface area (Å²) in [5.41, 5.74) is 3.48. The molecule has 1 aliphatic heterocycles. The van der Waals surface area contributed by atoms with E-state index in [4.69, 9.17) is 0 Å². The molecule has 0 bridgehead atoms. The summed E-state index contributed by atoms with van der Waals surface area (Å²) in [5, 5.41) is 7.33. The Morgan fingerprint density at radius 3 is 2.12 bits per heavy atom. The van der Waals surface area contributed by atoms with Crippen molar-refractivity contribution in [3.05, 3.63) is 41.1 Å². The molecule has 0 fully saturated rings. The highest BCUT2D eigenvalue weighted by molar-refractivity contribution is 6.21. The fourth-order valence-corrected chi connectivity index (χ4v) is 1.74. The first-order valence-electron chi connectivity index (χ1n) is 5.37. The lowest BCUT2D eigenvalue weighted by atomic mass is 9.98. The van der Waals surface area contributed by atoms with E-state index in [1.54, 1.807) is 6.92 Å². The van der Waals surface area contributed by atoms with Gasteiger partial charge in [0.1, 0.15) is 0 Å². The molecule has 16 heavy (non-hydrogen) atoms. The van der Waals surface area contributed by atoms with E-state index in [1.165, 1.54) is 5.56 Å². The molecule has 1 heterocycles. The van der Waals surface area contributed by atoms with E-state index in [0.29, 0.717) is 17.2 Å². The predicted octanol–water partition coefficient (Wildman–Crippen LogP) is 3.53. The standard InChI is InChI=1S/C13H14N2O/c1-8(2)10-4-6-11(7-5-10)12-9(3)14-15-13(12)16/h4-8H,1-3H3. The summed E-state index contributed by atoms with van der Waals surface area (Å²) < 4.78 is 0. The van der Waals surface area contributed by atoms with Gasteiger partial charge in [-0.2, -0.15) is 5.11 Å². The minimum absolute atomic E-state index is 0.241. The van der Waals surface area contributed by atoms with Crippen molar-refractivity contribution in [3.63, 3.8) is 0 Å². The molecule has 0 unspecified atom stereocenters. The van der Waals surface area contributed by atoms with Gasteiger partial charge in [0.05, 0.1) is 11.3 Å². The van der Waals surface area contributed by atoms with Crippen molar-refractivity contribution in [2.75, 3.05) is 0 Å². The number of azo groups is 1. The van der Waals surface area contributed by atoms with E-state index in [2.05, 4.69) is 24.1 Å². The second kappa shape index (κ2) is 4.00. The highest BCUT2D eigenvalue weighted by atomic mass is 16.2. The van der Waals surface area contributed by atoms with Crippen LogP contribution in [0.15, 0.2) is 40.2 Å². The number of amides is 1. The molecule has 0 radical (unpaired) electrons. The number of nitrogens with zero attached hydrogens (tertiary/aromatic N) is 2. The summed E-state index contributed by atoms with van der Waals surface area (Å²) in [6.45, 7) is 6.09. The second-order valence-corrected chi connectivity index (χ2v) is 4.24. The van der Waals surface area contributed by atoms with Crippen molar-refractivity contribution in [1.29, 1.82) is 0 Å². The molecule has 0 N–H and O–H groups in total. The van der Waals surface area contributed by atoms with Gasteiger partial charge in [-0.3, -0.25) is 4.79 Å². The molecular weight excluding hydrogens is 200 g/mol. The zero-order valence-electron chi connectivity index (χ0n) is 9.69. The molecule has 0 aromatic heterocycles. The van der Waals surface area contributed by atoms with Crippen LogP contribution in [0.25, 0.3) is 5.57 Å². The Hall–Kier alpha value is -1.77. The monoisotopic (exact) mass is 214 g/mol. The van der Waals surface area contributed by atoms with Gasteiger partial charge in [-0.25, -0.2) is 0 Å². The fraction of sp³-hybridized carbons (Fsp3) is 0.308. The van der Waals surface area contributed by atoms with Crippen molar-refractivity contribution in [1.82, 2.24) is 0 Å². The number of rotatable bonds is 2. The van der Waals surface area contributed by atoms with Gasteiger partial charge in [0.15, 0.2) is 0 Å². The van der Waals surface area contributed by atoms with Crippen molar-refractivity contribution >= 4 is 11.5 Å². The van der Waals surface area contributed by atoms with Crippen LogP contribution >= 0.6 is 0 Å². The summed E-state index contributed by atoms with van der Waals surface area (Å²) in [4.78, 5) is 11.5. The number of hydrogen-bond donors (Lipinski definition) is 0. The summed E-state index contributed by atoms with van der Waals surface area (Å²) in [7, 11) is 0. The molecule has 1 amide bonds. The van der Waals surface area contributed by atoms with Crippen LogP contribution in [0.2, 0.25) is 0 Å². The van der Waals surface area contributed by atoms with Crippen LogP contribution in [0.1, 0.15) is 37.8 Å². The van der Waals surface area contributed by atoms with Crippen molar-refractivity contribution in [2.24, 2.45) is 10.2 Å². The third-order valence-electron chi connectivity index (χ3n) is 2.73. The normalized spacial score (nSPS) is 15.4. The smallest absolute Gasteiger partial charge is 0.265 e. The average molecular weight is 214 g/mol. The molecule has 3 heteroatoms. The number of hydrogen-bond acceptors (Lipinski definition) is 2. The number of carbonyl (C=O) groups excluding carboxylic acids is 1. The predicted molar refractivity (Wildman–Crippen MR) is 63.0 cm³/mol. The Morgan fingerprint density at radius 2 is 1.69 bits per heavy atom. The Bertz CT molecular complexity index is 481. The minimum atomic E-state index is -0.241. The topological polar surface area (TPSA) is 41.8 Å². The first-order valence-corrected chi connectivity index (χ1v) is 5.37. The Kier molecular flexibility index (Phi) is 2.69. The Labute approximate surface area is 94.9 Å². The van der Waals surface area contributed by atoms with Gasteiger partial charge in [0.2, 0.25) is 0 Å². The first-order chi connectivity index (χ1) is 7.59. The van der Waals surface area contributed by atoms with Gasteiger partial charge in [0, 0.05) is 0 Å². The zero-order chi connectivity index (χ0) is 11.7. The molecule has 0 saturated carbocycles. The molecule has 1 aromatic rings. The lowest BCUT2D eigenvalue weighted by Crippen LogP contribution is -1.96. The second-order valence-electron chi connectivity index (χ2n) is 4.24. The lowest BCUT2D eigenvalue weighted by molar-refractivity contribution is -0.112. The van der Waals surface area contributed by atoms with Crippen molar-refractivity contribution < 1.29 is 4.79 Å². The number of allylic oxidation sites excluding steroid dienone is 1. The molecule has 1 aliphatic rings. The Morgan fingerprint density at radius 1 is 1.06 bits per heavy atom. The molecule has 1 aromatic carbocycles. The van der Waals surface area contributed by atoms with E-state index < -0.39 is 0 Å². The highest BCUT2D eigenvalue weighted by Crippen LogP contribution is 2.27. The third kappa shape index (κ3) is 1.81. The number of benzene rings is 1. The zero-order valence-corrected chi connectivity index (χ0v) is 9.69. The largest absolute Gasteiger partial charge is 0.297 e. The quantitative estimate of drug-likeness (QED) is 0.742. The molecule has 3 nitrogen and oxygen atoms in total. The van der Waals surface area contributed by atoms with Gasteiger partial charge in [-0.15, -0.1) is 5.11 Å². The first kappa shape index (κ1) is 10.7. The maximum absolute atomic E-state index is 11.5. The van der Waals surface area contributed by atoms with Crippen LogP contribution in [0, 0.1) is 0 Å². The SMILES string of the molecule is CC1=C(c2ccc(C(C)C)cc2)C(=O)N=N1. The maximum atomic E-state index is 11.5. The van der Waals surface area contributed by atoms with Crippen LogP contribution in [-0.4, -0.2) is 5.91 Å². The summed E-state index contributed by atoms with van der Waals surface area (Å²) in [5.74, 6) is 0.257. The molecule has 0 atom stereocenters. The summed E-state index contributed by atoms with van der Waals surface area (Å²) >= 11 is 0. The lowest BCUT2D eigenvalue weighted by Gasteiger charge is -2.06. The van der Waals surface area contributed by atoms with Crippen LogP contribution < -0.4 is 0 Å². The van der Waals surface area contributed by atoms with Gasteiger partial charge in [-0.05, 0) is 24.0 Å². The summed E-state index contributed by atoms with van der Waals surface area (Å²) in [6, 6.07) is 8.02.